The second-order valence-electron chi connectivity index (χ2n) is 6.29. The van der Waals surface area contributed by atoms with E-state index in [2.05, 4.69) is 17.0 Å². The van der Waals surface area contributed by atoms with Crippen molar-refractivity contribution in [2.75, 3.05) is 13.1 Å². The van der Waals surface area contributed by atoms with Crippen LogP contribution >= 0.6 is 0 Å². The lowest BCUT2D eigenvalue weighted by Crippen LogP contribution is -2.20. The summed E-state index contributed by atoms with van der Waals surface area (Å²) >= 11 is 0. The van der Waals surface area contributed by atoms with E-state index in [1.165, 1.54) is 17.7 Å². The molecule has 0 radical (unpaired) electrons. The number of hydrogen-bond donors (Lipinski definition) is 1. The number of benzene rings is 2. The lowest BCUT2D eigenvalue weighted by atomic mass is 9.96. The normalized spacial score (nSPS) is 19.9. The van der Waals surface area contributed by atoms with Crippen molar-refractivity contribution in [1.82, 2.24) is 4.90 Å². The van der Waals surface area contributed by atoms with Crippen molar-refractivity contribution in [3.05, 3.63) is 71.3 Å². The van der Waals surface area contributed by atoms with Gasteiger partial charge in [0.05, 0.1) is 6.10 Å². The molecule has 1 aliphatic heterocycles. The summed E-state index contributed by atoms with van der Waals surface area (Å²) in [6.45, 7) is 2.78. The van der Waals surface area contributed by atoms with Crippen LogP contribution in [0.2, 0.25) is 0 Å². The number of nitrogens with zero attached hydrogens (tertiary/aromatic N) is 1. The minimum absolute atomic E-state index is 0.188. The van der Waals surface area contributed by atoms with E-state index in [1.807, 2.05) is 18.2 Å². The van der Waals surface area contributed by atoms with E-state index < -0.39 is 17.7 Å². The molecule has 0 aliphatic carbocycles. The topological polar surface area (TPSA) is 23.5 Å². The average Bonchev–Trinajstić information content (AvgIpc) is 2.95. The van der Waals surface area contributed by atoms with Crippen molar-refractivity contribution in [2.45, 2.75) is 25.5 Å². The SMILES string of the molecule is OC(CC1CCN(Cc2ccccc2)C1)c1ccc(F)cc1F. The van der Waals surface area contributed by atoms with Crippen LogP contribution in [0.1, 0.15) is 30.1 Å². The lowest BCUT2D eigenvalue weighted by molar-refractivity contribution is 0.139. The van der Waals surface area contributed by atoms with Crippen LogP contribution in [0.5, 0.6) is 0 Å². The molecule has 0 amide bonds. The van der Waals surface area contributed by atoms with E-state index in [-0.39, 0.29) is 5.56 Å². The number of halogens is 2. The molecule has 1 aliphatic rings. The summed E-state index contributed by atoms with van der Waals surface area (Å²) in [5, 5.41) is 10.2. The first kappa shape index (κ1) is 16.1. The highest BCUT2D eigenvalue weighted by Gasteiger charge is 2.26. The number of likely N-dealkylation sites (tertiary alicyclic amines) is 1. The standard InChI is InChI=1S/C19H21F2NO/c20-16-6-7-17(18(21)11-16)19(23)10-15-8-9-22(13-15)12-14-4-2-1-3-5-14/h1-7,11,15,19,23H,8-10,12-13H2. The predicted molar refractivity (Wildman–Crippen MR) is 85.8 cm³/mol. The highest BCUT2D eigenvalue weighted by Crippen LogP contribution is 2.29. The lowest BCUT2D eigenvalue weighted by Gasteiger charge is -2.18. The summed E-state index contributed by atoms with van der Waals surface area (Å²) in [4.78, 5) is 2.35. The Morgan fingerprint density at radius 1 is 1.13 bits per heavy atom. The van der Waals surface area contributed by atoms with Gasteiger partial charge in [0, 0.05) is 24.7 Å². The summed E-state index contributed by atoms with van der Waals surface area (Å²) in [6.07, 6.45) is 0.623. The Labute approximate surface area is 135 Å². The maximum absolute atomic E-state index is 13.7. The molecule has 3 rings (SSSR count). The Hall–Kier alpha value is -1.78. The molecular weight excluding hydrogens is 296 g/mol. The third kappa shape index (κ3) is 4.15. The van der Waals surface area contributed by atoms with Gasteiger partial charge in [-0.3, -0.25) is 4.90 Å². The highest BCUT2D eigenvalue weighted by molar-refractivity contribution is 5.21. The van der Waals surface area contributed by atoms with Gasteiger partial charge >= 0.3 is 0 Å². The van der Waals surface area contributed by atoms with Gasteiger partial charge < -0.3 is 5.11 Å². The van der Waals surface area contributed by atoms with Gasteiger partial charge in [0.2, 0.25) is 0 Å². The van der Waals surface area contributed by atoms with Crippen molar-refractivity contribution in [3.63, 3.8) is 0 Å². The molecule has 0 bridgehead atoms. The fourth-order valence-corrected chi connectivity index (χ4v) is 3.30. The van der Waals surface area contributed by atoms with Crippen molar-refractivity contribution in [2.24, 2.45) is 5.92 Å². The van der Waals surface area contributed by atoms with Crippen LogP contribution in [-0.2, 0) is 6.54 Å². The van der Waals surface area contributed by atoms with Crippen LogP contribution < -0.4 is 0 Å². The molecule has 23 heavy (non-hydrogen) atoms. The molecule has 122 valence electrons. The van der Waals surface area contributed by atoms with Crippen molar-refractivity contribution < 1.29 is 13.9 Å². The van der Waals surface area contributed by atoms with Crippen LogP contribution in [0.3, 0.4) is 0 Å². The van der Waals surface area contributed by atoms with Crippen molar-refractivity contribution >= 4 is 0 Å². The van der Waals surface area contributed by atoms with E-state index >= 15 is 0 Å². The van der Waals surface area contributed by atoms with Crippen LogP contribution in [0.25, 0.3) is 0 Å². The molecule has 4 heteroatoms. The zero-order valence-corrected chi connectivity index (χ0v) is 13.0. The molecule has 2 unspecified atom stereocenters. The van der Waals surface area contributed by atoms with Gasteiger partial charge in [0.25, 0.3) is 0 Å². The van der Waals surface area contributed by atoms with Gasteiger partial charge in [-0.25, -0.2) is 8.78 Å². The molecule has 1 fully saturated rings. The Morgan fingerprint density at radius 3 is 2.65 bits per heavy atom. The fourth-order valence-electron chi connectivity index (χ4n) is 3.30. The van der Waals surface area contributed by atoms with Gasteiger partial charge in [-0.05, 0) is 36.9 Å². The minimum Gasteiger partial charge on any atom is -0.388 e. The van der Waals surface area contributed by atoms with Crippen LogP contribution in [0, 0.1) is 17.6 Å². The molecular formula is C19H21F2NO. The Morgan fingerprint density at radius 2 is 1.91 bits per heavy atom. The molecule has 2 aromatic carbocycles. The number of rotatable bonds is 5. The molecule has 1 heterocycles. The summed E-state index contributed by atoms with van der Waals surface area (Å²) in [6, 6.07) is 13.6. The molecule has 2 nitrogen and oxygen atoms in total. The van der Waals surface area contributed by atoms with E-state index in [0.29, 0.717) is 12.3 Å². The van der Waals surface area contributed by atoms with E-state index in [9.17, 15) is 13.9 Å². The van der Waals surface area contributed by atoms with Crippen LogP contribution in [0.15, 0.2) is 48.5 Å². The molecule has 0 saturated carbocycles. The molecule has 1 saturated heterocycles. The Kier molecular flexibility index (Phi) is 5.03. The summed E-state index contributed by atoms with van der Waals surface area (Å²) < 4.78 is 26.7. The molecule has 2 atom stereocenters. The number of hydrogen-bond acceptors (Lipinski definition) is 2. The van der Waals surface area contributed by atoms with Gasteiger partial charge in [-0.1, -0.05) is 36.4 Å². The van der Waals surface area contributed by atoms with Gasteiger partial charge in [-0.2, -0.15) is 0 Å². The van der Waals surface area contributed by atoms with Gasteiger partial charge in [0.1, 0.15) is 11.6 Å². The smallest absolute Gasteiger partial charge is 0.131 e. The molecule has 0 aromatic heterocycles. The first-order valence-corrected chi connectivity index (χ1v) is 8.01. The van der Waals surface area contributed by atoms with Gasteiger partial charge in [0.15, 0.2) is 0 Å². The summed E-state index contributed by atoms with van der Waals surface area (Å²) in [7, 11) is 0. The minimum atomic E-state index is -0.878. The number of aliphatic hydroxyl groups excluding tert-OH is 1. The van der Waals surface area contributed by atoms with Gasteiger partial charge in [-0.15, -0.1) is 0 Å². The Balaban J connectivity index is 1.55. The van der Waals surface area contributed by atoms with E-state index in [1.54, 1.807) is 0 Å². The van der Waals surface area contributed by atoms with Crippen LogP contribution in [-0.4, -0.2) is 23.1 Å². The fraction of sp³-hybridized carbons (Fsp3) is 0.368. The zero-order valence-electron chi connectivity index (χ0n) is 13.0. The van der Waals surface area contributed by atoms with E-state index in [0.717, 1.165) is 32.1 Å². The second kappa shape index (κ2) is 7.20. The molecule has 2 aromatic rings. The van der Waals surface area contributed by atoms with Crippen molar-refractivity contribution in [3.8, 4) is 0 Å². The Bertz CT molecular complexity index is 647. The van der Waals surface area contributed by atoms with E-state index in [4.69, 9.17) is 0 Å². The third-order valence-electron chi connectivity index (χ3n) is 4.50. The maximum atomic E-state index is 13.7. The maximum Gasteiger partial charge on any atom is 0.131 e. The third-order valence-corrected chi connectivity index (χ3v) is 4.50. The molecule has 1 N–H and O–H groups in total. The summed E-state index contributed by atoms with van der Waals surface area (Å²) in [5.74, 6) is -0.955. The second-order valence-corrected chi connectivity index (χ2v) is 6.29. The first-order valence-electron chi connectivity index (χ1n) is 8.01. The monoisotopic (exact) mass is 317 g/mol. The summed E-state index contributed by atoms with van der Waals surface area (Å²) in [5.41, 5.74) is 1.46. The number of aliphatic hydroxyl groups is 1. The zero-order chi connectivity index (χ0) is 16.2. The first-order chi connectivity index (χ1) is 11.1. The quantitative estimate of drug-likeness (QED) is 0.904. The van der Waals surface area contributed by atoms with Crippen molar-refractivity contribution in [1.29, 1.82) is 0 Å². The predicted octanol–water partition coefficient (Wildman–Crippen LogP) is 3.91. The average molecular weight is 317 g/mol. The largest absolute Gasteiger partial charge is 0.388 e. The molecule has 0 spiro atoms. The highest BCUT2D eigenvalue weighted by atomic mass is 19.1. The van der Waals surface area contributed by atoms with Crippen LogP contribution in [0.4, 0.5) is 8.78 Å².